The van der Waals surface area contributed by atoms with Crippen LogP contribution in [0.15, 0.2) is 42.5 Å². The average molecular weight is 268 g/mol. The van der Waals surface area contributed by atoms with Crippen molar-refractivity contribution in [2.45, 2.75) is 27.2 Å². The summed E-state index contributed by atoms with van der Waals surface area (Å²) in [5.41, 5.74) is 5.14. The number of hydrogen-bond donors (Lipinski definition) is 2. The van der Waals surface area contributed by atoms with Crippen molar-refractivity contribution in [1.29, 1.82) is 0 Å². The second-order valence-electron chi connectivity index (χ2n) is 4.88. The van der Waals surface area contributed by atoms with Crippen LogP contribution in [-0.4, -0.2) is 6.03 Å². The SMILES string of the molecule is CCc1ccc(NC(=O)Nc2cccc(C)c2C)cc1. The van der Waals surface area contributed by atoms with Gasteiger partial charge in [0.15, 0.2) is 0 Å². The van der Waals surface area contributed by atoms with E-state index in [1.54, 1.807) is 0 Å². The number of rotatable bonds is 3. The van der Waals surface area contributed by atoms with E-state index in [1.807, 2.05) is 56.3 Å². The molecule has 2 aromatic rings. The zero-order valence-electron chi connectivity index (χ0n) is 12.2. The van der Waals surface area contributed by atoms with E-state index >= 15 is 0 Å². The maximum Gasteiger partial charge on any atom is 0.323 e. The molecule has 0 aromatic heterocycles. The number of benzene rings is 2. The van der Waals surface area contributed by atoms with E-state index in [0.29, 0.717) is 0 Å². The fraction of sp³-hybridized carbons (Fsp3) is 0.235. The molecule has 0 atom stereocenters. The lowest BCUT2D eigenvalue weighted by Gasteiger charge is -2.11. The second-order valence-corrected chi connectivity index (χ2v) is 4.88. The molecule has 0 spiro atoms. The van der Waals surface area contributed by atoms with Gasteiger partial charge in [-0.25, -0.2) is 4.79 Å². The number of nitrogens with one attached hydrogen (secondary N) is 2. The van der Waals surface area contributed by atoms with Gasteiger partial charge in [-0.05, 0) is 55.2 Å². The summed E-state index contributed by atoms with van der Waals surface area (Å²) in [6, 6.07) is 13.5. The number of anilines is 2. The van der Waals surface area contributed by atoms with Crippen LogP contribution in [0.2, 0.25) is 0 Å². The quantitative estimate of drug-likeness (QED) is 0.844. The summed E-state index contributed by atoms with van der Waals surface area (Å²) in [6.07, 6.45) is 0.995. The minimum absolute atomic E-state index is 0.219. The number of urea groups is 1. The maximum atomic E-state index is 12.0. The summed E-state index contributed by atoms with van der Waals surface area (Å²) in [6.45, 7) is 6.14. The third-order valence-electron chi connectivity index (χ3n) is 3.47. The molecular formula is C17H20N2O. The van der Waals surface area contributed by atoms with Gasteiger partial charge in [-0.3, -0.25) is 0 Å². The van der Waals surface area contributed by atoms with Crippen LogP contribution in [-0.2, 0) is 6.42 Å². The topological polar surface area (TPSA) is 41.1 Å². The third-order valence-corrected chi connectivity index (χ3v) is 3.47. The molecule has 2 aromatic carbocycles. The molecule has 2 amide bonds. The molecular weight excluding hydrogens is 248 g/mol. The van der Waals surface area contributed by atoms with Crippen LogP contribution in [0.25, 0.3) is 0 Å². The van der Waals surface area contributed by atoms with Crippen molar-refractivity contribution in [3.8, 4) is 0 Å². The molecule has 0 bridgehead atoms. The first-order valence-electron chi connectivity index (χ1n) is 6.83. The second kappa shape index (κ2) is 6.24. The minimum atomic E-state index is -0.219. The van der Waals surface area contributed by atoms with Gasteiger partial charge in [-0.15, -0.1) is 0 Å². The summed E-state index contributed by atoms with van der Waals surface area (Å²) in [5.74, 6) is 0. The fourth-order valence-electron chi connectivity index (χ4n) is 1.99. The van der Waals surface area contributed by atoms with Crippen molar-refractivity contribution in [3.63, 3.8) is 0 Å². The molecule has 0 heterocycles. The Labute approximate surface area is 120 Å². The minimum Gasteiger partial charge on any atom is -0.308 e. The molecule has 0 aliphatic heterocycles. The Morgan fingerprint density at radius 3 is 2.35 bits per heavy atom. The summed E-state index contributed by atoms with van der Waals surface area (Å²) >= 11 is 0. The third kappa shape index (κ3) is 3.38. The van der Waals surface area contributed by atoms with E-state index < -0.39 is 0 Å². The fourth-order valence-corrected chi connectivity index (χ4v) is 1.99. The first kappa shape index (κ1) is 14.1. The molecule has 0 saturated heterocycles. The highest BCUT2D eigenvalue weighted by atomic mass is 16.2. The average Bonchev–Trinajstić information content (AvgIpc) is 2.45. The number of carbonyl (C=O) groups is 1. The molecule has 2 N–H and O–H groups in total. The van der Waals surface area contributed by atoms with Crippen LogP contribution in [0, 0.1) is 13.8 Å². The largest absolute Gasteiger partial charge is 0.323 e. The zero-order chi connectivity index (χ0) is 14.5. The molecule has 0 radical (unpaired) electrons. The standard InChI is InChI=1S/C17H20N2O/c1-4-14-8-10-15(11-9-14)18-17(20)19-16-7-5-6-12(2)13(16)3/h5-11H,4H2,1-3H3,(H2,18,19,20). The van der Waals surface area contributed by atoms with Crippen LogP contribution in [0.1, 0.15) is 23.6 Å². The van der Waals surface area contributed by atoms with Crippen LogP contribution in [0.3, 0.4) is 0 Å². The van der Waals surface area contributed by atoms with Gasteiger partial charge in [-0.2, -0.15) is 0 Å². The van der Waals surface area contributed by atoms with Gasteiger partial charge in [0.2, 0.25) is 0 Å². The molecule has 3 heteroatoms. The Hall–Kier alpha value is -2.29. The van der Waals surface area contributed by atoms with Gasteiger partial charge in [0.25, 0.3) is 0 Å². The molecule has 20 heavy (non-hydrogen) atoms. The Morgan fingerprint density at radius 2 is 1.70 bits per heavy atom. The van der Waals surface area contributed by atoms with E-state index in [0.717, 1.165) is 28.9 Å². The highest BCUT2D eigenvalue weighted by molar-refractivity contribution is 6.00. The van der Waals surface area contributed by atoms with E-state index in [4.69, 9.17) is 0 Å². The summed E-state index contributed by atoms with van der Waals surface area (Å²) in [5, 5.41) is 5.72. The van der Waals surface area contributed by atoms with Gasteiger partial charge in [-0.1, -0.05) is 31.2 Å². The Balaban J connectivity index is 2.03. The molecule has 2 rings (SSSR count). The normalized spacial score (nSPS) is 10.2. The number of aryl methyl sites for hydroxylation is 2. The van der Waals surface area contributed by atoms with Crippen molar-refractivity contribution in [1.82, 2.24) is 0 Å². The first-order chi connectivity index (χ1) is 9.60. The summed E-state index contributed by atoms with van der Waals surface area (Å²) in [4.78, 5) is 12.0. The highest BCUT2D eigenvalue weighted by Gasteiger charge is 2.05. The molecule has 0 saturated carbocycles. The van der Waals surface area contributed by atoms with Crippen molar-refractivity contribution in [2.75, 3.05) is 10.6 Å². The van der Waals surface area contributed by atoms with Crippen LogP contribution in [0.5, 0.6) is 0 Å². The van der Waals surface area contributed by atoms with E-state index in [1.165, 1.54) is 5.56 Å². The Kier molecular flexibility index (Phi) is 4.41. The predicted molar refractivity (Wildman–Crippen MR) is 84.4 cm³/mol. The van der Waals surface area contributed by atoms with Gasteiger partial charge in [0.05, 0.1) is 0 Å². The predicted octanol–water partition coefficient (Wildman–Crippen LogP) is 4.51. The van der Waals surface area contributed by atoms with Crippen LogP contribution >= 0.6 is 0 Å². The lowest BCUT2D eigenvalue weighted by molar-refractivity contribution is 0.262. The zero-order valence-corrected chi connectivity index (χ0v) is 12.2. The molecule has 0 aliphatic rings. The van der Waals surface area contributed by atoms with Crippen molar-refractivity contribution < 1.29 is 4.79 Å². The van der Waals surface area contributed by atoms with Crippen LogP contribution in [0.4, 0.5) is 16.2 Å². The summed E-state index contributed by atoms with van der Waals surface area (Å²) < 4.78 is 0. The van der Waals surface area contributed by atoms with E-state index in [-0.39, 0.29) is 6.03 Å². The van der Waals surface area contributed by atoms with Crippen LogP contribution < -0.4 is 10.6 Å². The molecule has 3 nitrogen and oxygen atoms in total. The van der Waals surface area contributed by atoms with E-state index in [2.05, 4.69) is 17.6 Å². The van der Waals surface area contributed by atoms with Gasteiger partial charge in [0.1, 0.15) is 0 Å². The molecule has 0 aliphatic carbocycles. The van der Waals surface area contributed by atoms with Crippen molar-refractivity contribution in [2.24, 2.45) is 0 Å². The maximum absolute atomic E-state index is 12.0. The first-order valence-corrected chi connectivity index (χ1v) is 6.83. The lowest BCUT2D eigenvalue weighted by atomic mass is 10.1. The Bertz CT molecular complexity index is 603. The highest BCUT2D eigenvalue weighted by Crippen LogP contribution is 2.18. The van der Waals surface area contributed by atoms with Gasteiger partial charge >= 0.3 is 6.03 Å². The van der Waals surface area contributed by atoms with Crippen molar-refractivity contribution >= 4 is 17.4 Å². The smallest absolute Gasteiger partial charge is 0.308 e. The molecule has 104 valence electrons. The van der Waals surface area contributed by atoms with Gasteiger partial charge in [0, 0.05) is 11.4 Å². The molecule has 0 fully saturated rings. The summed E-state index contributed by atoms with van der Waals surface area (Å²) in [7, 11) is 0. The van der Waals surface area contributed by atoms with Crippen molar-refractivity contribution in [3.05, 3.63) is 59.2 Å². The van der Waals surface area contributed by atoms with E-state index in [9.17, 15) is 4.79 Å². The number of hydrogen-bond acceptors (Lipinski definition) is 1. The number of amides is 2. The number of carbonyl (C=O) groups excluding carboxylic acids is 1. The monoisotopic (exact) mass is 268 g/mol. The Morgan fingerprint density at radius 1 is 1.00 bits per heavy atom. The lowest BCUT2D eigenvalue weighted by Crippen LogP contribution is -2.20. The molecule has 0 unspecified atom stereocenters. The van der Waals surface area contributed by atoms with Gasteiger partial charge < -0.3 is 10.6 Å².